The van der Waals surface area contributed by atoms with Gasteiger partial charge in [0.1, 0.15) is 5.75 Å². The van der Waals surface area contributed by atoms with Crippen molar-refractivity contribution in [2.45, 2.75) is 0 Å². The normalized spacial score (nSPS) is 10.1. The van der Waals surface area contributed by atoms with Crippen LogP contribution < -0.4 is 4.74 Å². The number of hydrogen-bond acceptors (Lipinski definition) is 3. The minimum Gasteiger partial charge on any atom is -0.497 e. The second-order valence-electron chi connectivity index (χ2n) is 2.66. The maximum Gasteiger partial charge on any atom is 0.120 e. The van der Waals surface area contributed by atoms with Crippen LogP contribution in [0.25, 0.3) is 5.69 Å². The van der Waals surface area contributed by atoms with Crippen LogP contribution in [0.15, 0.2) is 30.6 Å². The summed E-state index contributed by atoms with van der Waals surface area (Å²) in [7, 11) is 1.60. The number of nitrogens with zero attached hydrogens (tertiary/aromatic N) is 3. The summed E-state index contributed by atoms with van der Waals surface area (Å²) in [4.78, 5) is 0. The lowest BCUT2D eigenvalue weighted by Crippen LogP contribution is -1.96. The van der Waals surface area contributed by atoms with Crippen molar-refractivity contribution in [1.29, 1.82) is 0 Å². The van der Waals surface area contributed by atoms with E-state index in [1.807, 2.05) is 12.1 Å². The monoisotopic (exact) mass is 209 g/mol. The maximum atomic E-state index is 6.03. The number of ether oxygens (including phenoxy) is 1. The van der Waals surface area contributed by atoms with Crippen LogP contribution in [0.4, 0.5) is 0 Å². The van der Waals surface area contributed by atoms with E-state index in [-0.39, 0.29) is 0 Å². The van der Waals surface area contributed by atoms with Crippen LogP contribution in [0.2, 0.25) is 5.02 Å². The summed E-state index contributed by atoms with van der Waals surface area (Å²) in [6.45, 7) is 0. The van der Waals surface area contributed by atoms with Crippen molar-refractivity contribution in [3.05, 3.63) is 35.6 Å². The van der Waals surface area contributed by atoms with E-state index < -0.39 is 0 Å². The van der Waals surface area contributed by atoms with Crippen LogP contribution in [0.1, 0.15) is 0 Å². The first-order valence-corrected chi connectivity index (χ1v) is 4.39. The fourth-order valence-electron chi connectivity index (χ4n) is 1.14. The quantitative estimate of drug-likeness (QED) is 0.759. The molecule has 1 heterocycles. The van der Waals surface area contributed by atoms with Gasteiger partial charge in [0.05, 0.1) is 30.2 Å². The van der Waals surface area contributed by atoms with Gasteiger partial charge in [-0.15, -0.1) is 5.10 Å². The van der Waals surface area contributed by atoms with Crippen LogP contribution in [-0.2, 0) is 0 Å². The molecule has 0 saturated carbocycles. The topological polar surface area (TPSA) is 39.9 Å². The molecule has 0 atom stereocenters. The fourth-order valence-corrected chi connectivity index (χ4v) is 1.39. The molecule has 4 nitrogen and oxygen atoms in total. The summed E-state index contributed by atoms with van der Waals surface area (Å²) in [5.74, 6) is 0.721. The van der Waals surface area contributed by atoms with E-state index in [1.54, 1.807) is 30.3 Å². The van der Waals surface area contributed by atoms with Crippen molar-refractivity contribution < 1.29 is 4.74 Å². The minimum atomic E-state index is 0.579. The molecule has 2 rings (SSSR count). The third kappa shape index (κ3) is 1.56. The average Bonchev–Trinajstić information content (AvgIpc) is 2.70. The van der Waals surface area contributed by atoms with E-state index in [0.29, 0.717) is 5.02 Å². The van der Waals surface area contributed by atoms with Gasteiger partial charge >= 0.3 is 0 Å². The third-order valence-corrected chi connectivity index (χ3v) is 2.13. The molecule has 0 aliphatic rings. The average molecular weight is 210 g/mol. The van der Waals surface area contributed by atoms with E-state index in [2.05, 4.69) is 10.3 Å². The molecule has 1 aromatic carbocycles. The summed E-state index contributed by atoms with van der Waals surface area (Å²) in [5.41, 5.74) is 0.782. The Morgan fingerprint density at radius 3 is 2.86 bits per heavy atom. The van der Waals surface area contributed by atoms with Crippen molar-refractivity contribution in [2.24, 2.45) is 0 Å². The second-order valence-corrected chi connectivity index (χ2v) is 3.07. The summed E-state index contributed by atoms with van der Waals surface area (Å²) in [5, 5.41) is 8.13. The summed E-state index contributed by atoms with van der Waals surface area (Å²) in [6, 6.07) is 5.39. The van der Waals surface area contributed by atoms with Gasteiger partial charge in [0.25, 0.3) is 0 Å². The van der Waals surface area contributed by atoms with E-state index in [4.69, 9.17) is 16.3 Å². The first-order valence-electron chi connectivity index (χ1n) is 4.01. The number of aromatic nitrogens is 3. The van der Waals surface area contributed by atoms with Gasteiger partial charge in [-0.05, 0) is 12.1 Å². The Labute approximate surface area is 86.1 Å². The van der Waals surface area contributed by atoms with Gasteiger partial charge in [0, 0.05) is 6.07 Å². The highest BCUT2D eigenvalue weighted by atomic mass is 35.5. The van der Waals surface area contributed by atoms with Crippen molar-refractivity contribution in [3.63, 3.8) is 0 Å². The van der Waals surface area contributed by atoms with Gasteiger partial charge in [0.2, 0.25) is 0 Å². The first kappa shape index (κ1) is 9.02. The molecule has 5 heteroatoms. The van der Waals surface area contributed by atoms with Crippen LogP contribution in [0, 0.1) is 0 Å². The number of benzene rings is 1. The molecule has 0 N–H and O–H groups in total. The third-order valence-electron chi connectivity index (χ3n) is 1.82. The molecule has 0 aliphatic heterocycles. The molecule has 0 aliphatic carbocycles. The lowest BCUT2D eigenvalue weighted by molar-refractivity contribution is 0.414. The van der Waals surface area contributed by atoms with Gasteiger partial charge in [-0.2, -0.15) is 0 Å². The van der Waals surface area contributed by atoms with E-state index in [0.717, 1.165) is 11.4 Å². The van der Waals surface area contributed by atoms with Crippen LogP contribution >= 0.6 is 11.6 Å². The molecule has 0 amide bonds. The van der Waals surface area contributed by atoms with Gasteiger partial charge in [-0.3, -0.25) is 0 Å². The highest BCUT2D eigenvalue weighted by Gasteiger charge is 2.04. The van der Waals surface area contributed by atoms with Crippen LogP contribution in [-0.4, -0.2) is 22.1 Å². The summed E-state index contributed by atoms with van der Waals surface area (Å²) >= 11 is 6.03. The number of methoxy groups -OCH3 is 1. The fraction of sp³-hybridized carbons (Fsp3) is 0.111. The van der Waals surface area contributed by atoms with Crippen LogP contribution in [0.5, 0.6) is 5.75 Å². The molecule has 72 valence electrons. The number of hydrogen-bond donors (Lipinski definition) is 0. The molecule has 0 fully saturated rings. The SMILES string of the molecule is COc1ccc(-n2ccnn2)c(Cl)c1. The molecule has 14 heavy (non-hydrogen) atoms. The van der Waals surface area contributed by atoms with E-state index in [1.165, 1.54) is 0 Å². The standard InChI is InChI=1S/C9H8ClN3O/c1-14-7-2-3-9(8(10)6-7)13-5-4-11-12-13/h2-6H,1H3. The zero-order chi connectivity index (χ0) is 9.97. The van der Waals surface area contributed by atoms with Gasteiger partial charge < -0.3 is 4.74 Å². The lowest BCUT2D eigenvalue weighted by atomic mass is 10.3. The largest absolute Gasteiger partial charge is 0.497 e. The zero-order valence-electron chi connectivity index (χ0n) is 7.51. The van der Waals surface area contributed by atoms with Crippen molar-refractivity contribution >= 4 is 11.6 Å². The van der Waals surface area contributed by atoms with Gasteiger partial charge in [-0.25, -0.2) is 4.68 Å². The molecule has 1 aromatic heterocycles. The Kier molecular flexibility index (Phi) is 2.37. The molecule has 0 unspecified atom stereocenters. The molecule has 0 bridgehead atoms. The van der Waals surface area contributed by atoms with Crippen molar-refractivity contribution in [3.8, 4) is 11.4 Å². The first-order chi connectivity index (χ1) is 6.81. The molecule has 0 saturated heterocycles. The Morgan fingerprint density at radius 1 is 1.43 bits per heavy atom. The minimum absolute atomic E-state index is 0.579. The highest BCUT2D eigenvalue weighted by Crippen LogP contribution is 2.24. The predicted octanol–water partition coefficient (Wildman–Crippen LogP) is 1.93. The zero-order valence-corrected chi connectivity index (χ0v) is 8.27. The van der Waals surface area contributed by atoms with Crippen molar-refractivity contribution in [2.75, 3.05) is 7.11 Å². The summed E-state index contributed by atoms with van der Waals surface area (Å²) in [6.07, 6.45) is 3.33. The van der Waals surface area contributed by atoms with Gasteiger partial charge in [0.15, 0.2) is 0 Å². The summed E-state index contributed by atoms with van der Waals surface area (Å²) < 4.78 is 6.64. The number of rotatable bonds is 2. The van der Waals surface area contributed by atoms with Gasteiger partial charge in [-0.1, -0.05) is 16.8 Å². The van der Waals surface area contributed by atoms with E-state index >= 15 is 0 Å². The lowest BCUT2D eigenvalue weighted by Gasteiger charge is -2.05. The predicted molar refractivity (Wildman–Crippen MR) is 52.9 cm³/mol. The molecule has 2 aromatic rings. The van der Waals surface area contributed by atoms with Crippen molar-refractivity contribution in [1.82, 2.24) is 15.0 Å². The Balaban J connectivity index is 2.46. The second kappa shape index (κ2) is 3.67. The maximum absolute atomic E-state index is 6.03. The highest BCUT2D eigenvalue weighted by molar-refractivity contribution is 6.32. The Hall–Kier alpha value is -1.55. The van der Waals surface area contributed by atoms with E-state index in [9.17, 15) is 0 Å². The molecule has 0 spiro atoms. The smallest absolute Gasteiger partial charge is 0.120 e. The number of halogens is 1. The Morgan fingerprint density at radius 2 is 2.29 bits per heavy atom. The molecular formula is C9H8ClN3O. The Bertz CT molecular complexity index is 428. The molecule has 0 radical (unpaired) electrons. The molecular weight excluding hydrogens is 202 g/mol. The van der Waals surface area contributed by atoms with Crippen LogP contribution in [0.3, 0.4) is 0 Å².